The Morgan fingerprint density at radius 3 is 2.75 bits per heavy atom. The largest absolute Gasteiger partial charge is 0.459 e. The molecule has 6 nitrogen and oxygen atoms in total. The number of ether oxygens (including phenoxy) is 1. The van der Waals surface area contributed by atoms with Crippen molar-refractivity contribution in [1.82, 2.24) is 15.5 Å². The highest BCUT2D eigenvalue weighted by Crippen LogP contribution is 2.18. The average molecular weight is 444 g/mol. The molecule has 7 heteroatoms. The number of aliphatic imine (C=N–C) groups is 1. The summed E-state index contributed by atoms with van der Waals surface area (Å²) < 4.78 is 11.1. The molecule has 0 aliphatic carbocycles. The van der Waals surface area contributed by atoms with Gasteiger partial charge in [-0.1, -0.05) is 18.2 Å². The van der Waals surface area contributed by atoms with Gasteiger partial charge in [-0.25, -0.2) is 0 Å². The number of hydrogen-bond donors (Lipinski definition) is 2. The van der Waals surface area contributed by atoms with Crippen LogP contribution in [0.2, 0.25) is 0 Å². The molecule has 2 aromatic rings. The molecule has 0 atom stereocenters. The van der Waals surface area contributed by atoms with E-state index in [9.17, 15) is 0 Å². The van der Waals surface area contributed by atoms with E-state index >= 15 is 0 Å². The smallest absolute Gasteiger partial charge is 0.191 e. The maximum absolute atomic E-state index is 5.80. The first-order chi connectivity index (χ1) is 11.3. The molecule has 0 radical (unpaired) electrons. The Balaban J connectivity index is 0.00000208. The maximum Gasteiger partial charge on any atom is 0.191 e. The molecule has 1 saturated heterocycles. The number of guanidine groups is 1. The standard InChI is InChI=1S/C17H24N4O2.HI/c1-18-17(19-6-7-21-8-10-22-11-9-21)20-13-15-12-14-4-2-3-5-16(14)23-15;/h2-5,12H,6-11,13H2,1H3,(H2,18,19,20);1H. The monoisotopic (exact) mass is 444 g/mol. The van der Waals surface area contributed by atoms with Crippen molar-refractivity contribution in [3.05, 3.63) is 36.1 Å². The molecule has 0 amide bonds. The third kappa shape index (κ3) is 5.35. The predicted octanol–water partition coefficient (Wildman–Crippen LogP) is 2.05. The Bertz CT molecular complexity index is 620. The zero-order chi connectivity index (χ0) is 15.9. The van der Waals surface area contributed by atoms with Gasteiger partial charge in [0.2, 0.25) is 0 Å². The minimum atomic E-state index is 0. The van der Waals surface area contributed by atoms with Crippen molar-refractivity contribution >= 4 is 40.9 Å². The van der Waals surface area contributed by atoms with E-state index in [1.54, 1.807) is 7.05 Å². The van der Waals surface area contributed by atoms with Gasteiger partial charge in [0.1, 0.15) is 11.3 Å². The number of benzene rings is 1. The summed E-state index contributed by atoms with van der Waals surface area (Å²) in [7, 11) is 1.78. The summed E-state index contributed by atoms with van der Waals surface area (Å²) in [6, 6.07) is 10.1. The summed E-state index contributed by atoms with van der Waals surface area (Å²) in [4.78, 5) is 6.64. The van der Waals surface area contributed by atoms with Crippen molar-refractivity contribution in [1.29, 1.82) is 0 Å². The lowest BCUT2D eigenvalue weighted by Crippen LogP contribution is -2.44. The van der Waals surface area contributed by atoms with Crippen LogP contribution in [0.15, 0.2) is 39.7 Å². The second-order valence-electron chi connectivity index (χ2n) is 5.56. The number of furan rings is 1. The first-order valence-electron chi connectivity index (χ1n) is 8.07. The molecule has 0 bridgehead atoms. The van der Waals surface area contributed by atoms with Crippen molar-refractivity contribution in [3.63, 3.8) is 0 Å². The van der Waals surface area contributed by atoms with Gasteiger partial charge in [0, 0.05) is 38.6 Å². The van der Waals surface area contributed by atoms with Crippen LogP contribution in [0.5, 0.6) is 0 Å². The zero-order valence-electron chi connectivity index (χ0n) is 14.0. The van der Waals surface area contributed by atoms with Crippen LogP contribution in [0.4, 0.5) is 0 Å². The van der Waals surface area contributed by atoms with E-state index < -0.39 is 0 Å². The molecule has 0 unspecified atom stereocenters. The number of halogens is 1. The Kier molecular flexibility index (Phi) is 7.80. The third-order valence-electron chi connectivity index (χ3n) is 3.95. The number of morpholine rings is 1. The number of nitrogens with zero attached hydrogens (tertiary/aromatic N) is 2. The molecular formula is C17H25IN4O2. The van der Waals surface area contributed by atoms with Gasteiger partial charge in [0.25, 0.3) is 0 Å². The SMILES string of the molecule is CN=C(NCCN1CCOCC1)NCc1cc2ccccc2o1.I. The first-order valence-corrected chi connectivity index (χ1v) is 8.07. The van der Waals surface area contributed by atoms with Gasteiger partial charge < -0.3 is 19.8 Å². The van der Waals surface area contributed by atoms with Crippen LogP contribution in [0, 0.1) is 0 Å². The van der Waals surface area contributed by atoms with Crippen molar-refractivity contribution < 1.29 is 9.15 Å². The molecule has 0 spiro atoms. The van der Waals surface area contributed by atoms with Gasteiger partial charge >= 0.3 is 0 Å². The topological polar surface area (TPSA) is 62.0 Å². The van der Waals surface area contributed by atoms with Crippen molar-refractivity contribution in [3.8, 4) is 0 Å². The molecule has 3 rings (SSSR count). The highest BCUT2D eigenvalue weighted by atomic mass is 127. The van der Waals surface area contributed by atoms with E-state index in [4.69, 9.17) is 9.15 Å². The van der Waals surface area contributed by atoms with E-state index in [0.717, 1.165) is 62.1 Å². The second kappa shape index (κ2) is 9.85. The molecule has 2 N–H and O–H groups in total. The quantitative estimate of drug-likeness (QED) is 0.420. The normalized spacial score (nSPS) is 16.0. The van der Waals surface area contributed by atoms with Crippen LogP contribution in [0.1, 0.15) is 5.76 Å². The van der Waals surface area contributed by atoms with Crippen LogP contribution >= 0.6 is 24.0 Å². The van der Waals surface area contributed by atoms with Crippen LogP contribution in [-0.2, 0) is 11.3 Å². The molecule has 2 heterocycles. The highest BCUT2D eigenvalue weighted by molar-refractivity contribution is 14.0. The maximum atomic E-state index is 5.80. The van der Waals surface area contributed by atoms with E-state index in [1.165, 1.54) is 0 Å². The van der Waals surface area contributed by atoms with Crippen molar-refractivity contribution in [2.75, 3.05) is 46.4 Å². The summed E-state index contributed by atoms with van der Waals surface area (Å²) in [5.74, 6) is 1.70. The Morgan fingerprint density at radius 1 is 1.21 bits per heavy atom. The summed E-state index contributed by atoms with van der Waals surface area (Å²) in [6.45, 7) is 6.15. The minimum absolute atomic E-state index is 0. The Morgan fingerprint density at radius 2 is 2.00 bits per heavy atom. The van der Waals surface area contributed by atoms with E-state index in [2.05, 4.69) is 32.7 Å². The molecule has 1 aromatic heterocycles. The summed E-state index contributed by atoms with van der Waals surface area (Å²) in [6.07, 6.45) is 0. The van der Waals surface area contributed by atoms with E-state index in [0.29, 0.717) is 6.54 Å². The second-order valence-corrected chi connectivity index (χ2v) is 5.56. The fraction of sp³-hybridized carbons (Fsp3) is 0.471. The Hall–Kier alpha value is -1.32. The van der Waals surface area contributed by atoms with Gasteiger partial charge in [0.15, 0.2) is 5.96 Å². The fourth-order valence-corrected chi connectivity index (χ4v) is 2.67. The van der Waals surface area contributed by atoms with E-state index in [1.807, 2.05) is 18.2 Å². The Labute approximate surface area is 159 Å². The van der Waals surface area contributed by atoms with E-state index in [-0.39, 0.29) is 24.0 Å². The molecule has 1 fully saturated rings. The molecule has 1 aromatic carbocycles. The molecule has 1 aliphatic rings. The predicted molar refractivity (Wildman–Crippen MR) is 107 cm³/mol. The van der Waals surface area contributed by atoms with Gasteiger partial charge in [-0.3, -0.25) is 9.89 Å². The van der Waals surface area contributed by atoms with Gasteiger partial charge in [-0.15, -0.1) is 24.0 Å². The average Bonchev–Trinajstić information content (AvgIpc) is 3.01. The van der Waals surface area contributed by atoms with Gasteiger partial charge in [-0.2, -0.15) is 0 Å². The number of fused-ring (bicyclic) bond motifs is 1. The lowest BCUT2D eigenvalue weighted by atomic mass is 10.2. The molecule has 0 saturated carbocycles. The molecule has 132 valence electrons. The summed E-state index contributed by atoms with van der Waals surface area (Å²) >= 11 is 0. The number of nitrogens with one attached hydrogen (secondary N) is 2. The first kappa shape index (κ1) is 19.0. The van der Waals surface area contributed by atoms with Crippen molar-refractivity contribution in [2.24, 2.45) is 4.99 Å². The number of para-hydroxylation sites is 1. The fourth-order valence-electron chi connectivity index (χ4n) is 2.67. The third-order valence-corrected chi connectivity index (χ3v) is 3.95. The number of rotatable bonds is 5. The van der Waals surface area contributed by atoms with Crippen LogP contribution in [0.25, 0.3) is 11.0 Å². The van der Waals surface area contributed by atoms with Gasteiger partial charge in [0.05, 0.1) is 19.8 Å². The minimum Gasteiger partial charge on any atom is -0.459 e. The summed E-state index contributed by atoms with van der Waals surface area (Å²) in [5.41, 5.74) is 0.916. The number of hydrogen-bond acceptors (Lipinski definition) is 4. The van der Waals surface area contributed by atoms with Crippen LogP contribution in [0.3, 0.4) is 0 Å². The molecule has 24 heavy (non-hydrogen) atoms. The highest BCUT2D eigenvalue weighted by Gasteiger charge is 2.10. The molecule has 1 aliphatic heterocycles. The van der Waals surface area contributed by atoms with Crippen LogP contribution < -0.4 is 10.6 Å². The lowest BCUT2D eigenvalue weighted by Gasteiger charge is -2.26. The van der Waals surface area contributed by atoms with Crippen LogP contribution in [-0.4, -0.2) is 57.3 Å². The zero-order valence-corrected chi connectivity index (χ0v) is 16.3. The summed E-state index contributed by atoms with van der Waals surface area (Å²) in [5, 5.41) is 7.75. The lowest BCUT2D eigenvalue weighted by molar-refractivity contribution is 0.0389. The van der Waals surface area contributed by atoms with Gasteiger partial charge in [-0.05, 0) is 12.1 Å². The molecular weight excluding hydrogens is 419 g/mol. The van der Waals surface area contributed by atoms with Crippen molar-refractivity contribution in [2.45, 2.75) is 6.54 Å².